The number of benzene rings is 1. The van der Waals surface area contributed by atoms with Crippen molar-refractivity contribution in [2.24, 2.45) is 0 Å². The van der Waals surface area contributed by atoms with Gasteiger partial charge in [-0.2, -0.15) is 4.31 Å². The summed E-state index contributed by atoms with van der Waals surface area (Å²) in [5.41, 5.74) is 5.73. The molecule has 2 heterocycles. The fourth-order valence-corrected chi connectivity index (χ4v) is 4.28. The van der Waals surface area contributed by atoms with Crippen LogP contribution in [0.1, 0.15) is 12.8 Å². The first-order valence-electron chi connectivity index (χ1n) is 6.17. The van der Waals surface area contributed by atoms with E-state index in [-0.39, 0.29) is 22.8 Å². The van der Waals surface area contributed by atoms with E-state index in [1.165, 1.54) is 10.4 Å². The molecule has 104 valence electrons. The summed E-state index contributed by atoms with van der Waals surface area (Å²) >= 11 is 0. The zero-order valence-corrected chi connectivity index (χ0v) is 11.1. The van der Waals surface area contributed by atoms with Gasteiger partial charge in [0.2, 0.25) is 10.0 Å². The molecule has 2 aliphatic heterocycles. The Balaban J connectivity index is 1.96. The first-order valence-corrected chi connectivity index (χ1v) is 7.61. The van der Waals surface area contributed by atoms with Gasteiger partial charge in [-0.3, -0.25) is 0 Å². The standard InChI is InChI=1S/C12H15FN2O3S/c13-8-1-4-11(14)12(5-8)19(16,17)15-6-9-2-3-10(7-15)18-9/h1,4-5,9-10H,2-3,6-7,14H2. The second-order valence-electron chi connectivity index (χ2n) is 4.96. The summed E-state index contributed by atoms with van der Waals surface area (Å²) in [4.78, 5) is -0.159. The predicted octanol–water partition coefficient (Wildman–Crippen LogP) is 0.960. The minimum absolute atomic E-state index is 0.0525. The molecule has 0 saturated carbocycles. The average Bonchev–Trinajstić information content (AvgIpc) is 2.71. The molecule has 0 aliphatic carbocycles. The Morgan fingerprint density at radius 3 is 2.53 bits per heavy atom. The van der Waals surface area contributed by atoms with Crippen LogP contribution in [0.5, 0.6) is 0 Å². The molecule has 2 N–H and O–H groups in total. The van der Waals surface area contributed by atoms with Crippen LogP contribution in [0.15, 0.2) is 23.1 Å². The van der Waals surface area contributed by atoms with Gasteiger partial charge in [0.25, 0.3) is 0 Å². The molecule has 0 spiro atoms. The highest BCUT2D eigenvalue weighted by Gasteiger charge is 2.39. The minimum Gasteiger partial charge on any atom is -0.398 e. The Bertz CT molecular complexity index is 593. The Kier molecular flexibility index (Phi) is 2.99. The van der Waals surface area contributed by atoms with Gasteiger partial charge >= 0.3 is 0 Å². The van der Waals surface area contributed by atoms with Gasteiger partial charge in [0.1, 0.15) is 10.7 Å². The lowest BCUT2D eigenvalue weighted by atomic mass is 10.2. The number of morpholine rings is 1. The highest BCUT2D eigenvalue weighted by atomic mass is 32.2. The lowest BCUT2D eigenvalue weighted by Crippen LogP contribution is -2.45. The molecule has 7 heteroatoms. The van der Waals surface area contributed by atoms with Gasteiger partial charge in [-0.25, -0.2) is 12.8 Å². The number of nitrogen functional groups attached to an aromatic ring is 1. The smallest absolute Gasteiger partial charge is 0.245 e. The van der Waals surface area contributed by atoms with Crippen LogP contribution in [-0.4, -0.2) is 38.0 Å². The molecule has 2 atom stereocenters. The molecule has 19 heavy (non-hydrogen) atoms. The Morgan fingerprint density at radius 2 is 1.89 bits per heavy atom. The third-order valence-corrected chi connectivity index (χ3v) is 5.49. The lowest BCUT2D eigenvalue weighted by molar-refractivity contribution is -0.0114. The zero-order valence-electron chi connectivity index (χ0n) is 10.3. The van der Waals surface area contributed by atoms with Crippen molar-refractivity contribution in [2.45, 2.75) is 29.9 Å². The first kappa shape index (κ1) is 12.8. The SMILES string of the molecule is Nc1ccc(F)cc1S(=O)(=O)N1CC2CCC(C1)O2. The lowest BCUT2D eigenvalue weighted by Gasteiger charge is -2.31. The van der Waals surface area contributed by atoms with E-state index in [9.17, 15) is 12.8 Å². The van der Waals surface area contributed by atoms with Crippen LogP contribution in [0, 0.1) is 5.82 Å². The summed E-state index contributed by atoms with van der Waals surface area (Å²) in [6, 6.07) is 3.40. The maximum Gasteiger partial charge on any atom is 0.245 e. The molecule has 0 aromatic heterocycles. The average molecular weight is 286 g/mol. The van der Waals surface area contributed by atoms with E-state index in [1.54, 1.807) is 0 Å². The van der Waals surface area contributed by atoms with E-state index in [0.29, 0.717) is 13.1 Å². The molecule has 2 saturated heterocycles. The number of anilines is 1. The topological polar surface area (TPSA) is 72.6 Å². The number of nitrogens with zero attached hydrogens (tertiary/aromatic N) is 1. The van der Waals surface area contributed by atoms with E-state index in [1.807, 2.05) is 0 Å². The largest absolute Gasteiger partial charge is 0.398 e. The number of fused-ring (bicyclic) bond motifs is 2. The quantitative estimate of drug-likeness (QED) is 0.822. The molecule has 2 fully saturated rings. The van der Waals surface area contributed by atoms with Crippen molar-refractivity contribution in [3.8, 4) is 0 Å². The molecule has 1 aromatic carbocycles. The van der Waals surface area contributed by atoms with E-state index < -0.39 is 15.8 Å². The summed E-state index contributed by atoms with van der Waals surface area (Å²) in [6.45, 7) is 0.629. The number of hydrogen-bond donors (Lipinski definition) is 1. The molecule has 0 amide bonds. The van der Waals surface area contributed by atoms with Crippen LogP contribution in [0.25, 0.3) is 0 Å². The molecule has 2 unspecified atom stereocenters. The number of sulfonamides is 1. The summed E-state index contributed by atoms with van der Waals surface area (Å²) < 4.78 is 45.2. The number of ether oxygens (including phenoxy) is 1. The van der Waals surface area contributed by atoms with Crippen LogP contribution in [-0.2, 0) is 14.8 Å². The molecular weight excluding hydrogens is 271 g/mol. The van der Waals surface area contributed by atoms with E-state index in [0.717, 1.165) is 25.0 Å². The van der Waals surface area contributed by atoms with E-state index in [2.05, 4.69) is 0 Å². The molecule has 5 nitrogen and oxygen atoms in total. The van der Waals surface area contributed by atoms with Crippen LogP contribution >= 0.6 is 0 Å². The zero-order chi connectivity index (χ0) is 13.6. The minimum atomic E-state index is -3.75. The van der Waals surface area contributed by atoms with Gasteiger partial charge in [-0.15, -0.1) is 0 Å². The highest BCUT2D eigenvalue weighted by molar-refractivity contribution is 7.89. The summed E-state index contributed by atoms with van der Waals surface area (Å²) in [7, 11) is -3.75. The molecule has 1 aromatic rings. The monoisotopic (exact) mass is 286 g/mol. The molecule has 3 rings (SSSR count). The van der Waals surface area contributed by atoms with Crippen molar-refractivity contribution in [1.29, 1.82) is 0 Å². The fourth-order valence-electron chi connectivity index (χ4n) is 2.64. The van der Waals surface area contributed by atoms with Crippen molar-refractivity contribution in [2.75, 3.05) is 18.8 Å². The van der Waals surface area contributed by atoms with Gasteiger partial charge in [0, 0.05) is 13.1 Å². The van der Waals surface area contributed by atoms with Gasteiger partial charge in [0.05, 0.1) is 17.9 Å². The second-order valence-corrected chi connectivity index (χ2v) is 6.87. The first-order chi connectivity index (χ1) is 8.96. The summed E-state index contributed by atoms with van der Waals surface area (Å²) in [6.07, 6.45) is 1.64. The third-order valence-electron chi connectivity index (χ3n) is 3.60. The third kappa shape index (κ3) is 2.22. The molecule has 2 aliphatic rings. The maximum atomic E-state index is 13.2. The van der Waals surface area contributed by atoms with E-state index >= 15 is 0 Å². The van der Waals surface area contributed by atoms with Crippen LogP contribution in [0.3, 0.4) is 0 Å². The van der Waals surface area contributed by atoms with Gasteiger partial charge in [0.15, 0.2) is 0 Å². The van der Waals surface area contributed by atoms with E-state index in [4.69, 9.17) is 10.5 Å². The number of halogens is 1. The number of rotatable bonds is 2. The van der Waals surface area contributed by atoms with Gasteiger partial charge in [-0.1, -0.05) is 0 Å². The van der Waals surface area contributed by atoms with Crippen molar-refractivity contribution in [3.63, 3.8) is 0 Å². The summed E-state index contributed by atoms with van der Waals surface area (Å²) in [5.74, 6) is -0.607. The Morgan fingerprint density at radius 1 is 1.26 bits per heavy atom. The van der Waals surface area contributed by atoms with Crippen molar-refractivity contribution in [1.82, 2.24) is 4.31 Å². The number of hydrogen-bond acceptors (Lipinski definition) is 4. The molecule has 2 bridgehead atoms. The van der Waals surface area contributed by atoms with Crippen LogP contribution < -0.4 is 5.73 Å². The molecule has 0 radical (unpaired) electrons. The highest BCUT2D eigenvalue weighted by Crippen LogP contribution is 2.31. The summed E-state index contributed by atoms with van der Waals surface area (Å²) in [5, 5.41) is 0. The fraction of sp³-hybridized carbons (Fsp3) is 0.500. The second kappa shape index (κ2) is 4.43. The van der Waals surface area contributed by atoms with Crippen molar-refractivity contribution in [3.05, 3.63) is 24.0 Å². The molecular formula is C12H15FN2O3S. The normalized spacial score (nSPS) is 27.6. The van der Waals surface area contributed by atoms with Crippen LogP contribution in [0.2, 0.25) is 0 Å². The van der Waals surface area contributed by atoms with Gasteiger partial charge < -0.3 is 10.5 Å². The predicted molar refractivity (Wildman–Crippen MR) is 67.5 cm³/mol. The number of nitrogens with two attached hydrogens (primary N) is 1. The Labute approximate surface area is 111 Å². The van der Waals surface area contributed by atoms with Gasteiger partial charge in [-0.05, 0) is 31.0 Å². The maximum absolute atomic E-state index is 13.2. The van der Waals surface area contributed by atoms with Crippen molar-refractivity contribution < 1.29 is 17.5 Å². The Hall–Kier alpha value is -1.18. The van der Waals surface area contributed by atoms with Crippen LogP contribution in [0.4, 0.5) is 10.1 Å². The van der Waals surface area contributed by atoms with Crippen molar-refractivity contribution >= 4 is 15.7 Å².